The van der Waals surface area contributed by atoms with Gasteiger partial charge in [-0.1, -0.05) is 66.2 Å². The van der Waals surface area contributed by atoms with Gasteiger partial charge in [-0.05, 0) is 36.6 Å². The van der Waals surface area contributed by atoms with E-state index in [9.17, 15) is 4.79 Å². The SMILES string of the molecule is C=C(CN1CCNCC1)CN(CCNC(C)c1cccc(C)c1)C(=O)NCc1ccccc1Cl. The number of hydrogen-bond acceptors (Lipinski definition) is 4. The second kappa shape index (κ2) is 13.5. The molecule has 2 amide bonds. The number of carbonyl (C=O) groups is 1. The van der Waals surface area contributed by atoms with E-state index in [1.165, 1.54) is 11.1 Å². The lowest BCUT2D eigenvalue weighted by molar-refractivity contribution is 0.198. The summed E-state index contributed by atoms with van der Waals surface area (Å²) in [6.45, 7) is 15.5. The molecule has 0 bridgehead atoms. The number of rotatable bonds is 11. The minimum atomic E-state index is -0.105. The van der Waals surface area contributed by atoms with Crippen molar-refractivity contribution in [2.75, 3.05) is 52.4 Å². The van der Waals surface area contributed by atoms with Crippen LogP contribution in [0, 0.1) is 6.92 Å². The Morgan fingerprint density at radius 1 is 1.21 bits per heavy atom. The van der Waals surface area contributed by atoms with Crippen LogP contribution in [0.25, 0.3) is 0 Å². The van der Waals surface area contributed by atoms with Crippen molar-refractivity contribution in [1.29, 1.82) is 0 Å². The van der Waals surface area contributed by atoms with E-state index in [2.05, 4.69) is 65.5 Å². The molecule has 184 valence electrons. The highest BCUT2D eigenvalue weighted by atomic mass is 35.5. The van der Waals surface area contributed by atoms with E-state index in [1.54, 1.807) is 0 Å². The van der Waals surface area contributed by atoms with Gasteiger partial charge in [0.1, 0.15) is 0 Å². The number of halogens is 1. The molecule has 6 nitrogen and oxygen atoms in total. The van der Waals surface area contributed by atoms with Gasteiger partial charge in [0.05, 0.1) is 0 Å². The summed E-state index contributed by atoms with van der Waals surface area (Å²) in [7, 11) is 0. The molecule has 1 unspecified atom stereocenters. The average molecular weight is 484 g/mol. The van der Waals surface area contributed by atoms with Gasteiger partial charge in [0.2, 0.25) is 0 Å². The van der Waals surface area contributed by atoms with Crippen LogP contribution in [0.1, 0.15) is 29.7 Å². The van der Waals surface area contributed by atoms with Crippen LogP contribution in [0.15, 0.2) is 60.7 Å². The van der Waals surface area contributed by atoms with Gasteiger partial charge < -0.3 is 20.9 Å². The van der Waals surface area contributed by atoms with E-state index in [0.717, 1.165) is 43.9 Å². The smallest absolute Gasteiger partial charge is 0.318 e. The summed E-state index contributed by atoms with van der Waals surface area (Å²) < 4.78 is 0. The summed E-state index contributed by atoms with van der Waals surface area (Å²) in [6, 6.07) is 16.2. The third-order valence-electron chi connectivity index (χ3n) is 6.12. The third kappa shape index (κ3) is 8.44. The van der Waals surface area contributed by atoms with Gasteiger partial charge in [-0.15, -0.1) is 0 Å². The summed E-state index contributed by atoms with van der Waals surface area (Å²) in [5, 5.41) is 10.6. The van der Waals surface area contributed by atoms with Crippen LogP contribution < -0.4 is 16.0 Å². The first kappa shape index (κ1) is 26.2. The lowest BCUT2D eigenvalue weighted by Gasteiger charge is -2.30. The number of aryl methyl sites for hydroxylation is 1. The maximum Gasteiger partial charge on any atom is 0.318 e. The molecule has 1 heterocycles. The molecule has 0 saturated carbocycles. The maximum atomic E-state index is 13.1. The molecule has 0 spiro atoms. The van der Waals surface area contributed by atoms with Crippen molar-refractivity contribution in [3.05, 3.63) is 82.4 Å². The molecule has 1 fully saturated rings. The van der Waals surface area contributed by atoms with Crippen molar-refractivity contribution in [2.45, 2.75) is 26.4 Å². The molecule has 2 aromatic rings. The molecule has 7 heteroatoms. The highest BCUT2D eigenvalue weighted by Crippen LogP contribution is 2.15. The fraction of sp³-hybridized carbons (Fsp3) is 0.444. The van der Waals surface area contributed by atoms with Gasteiger partial charge in [0, 0.05) is 70.0 Å². The predicted molar refractivity (Wildman–Crippen MR) is 141 cm³/mol. The molecule has 0 radical (unpaired) electrons. The molecule has 0 aliphatic carbocycles. The first-order valence-electron chi connectivity index (χ1n) is 12.1. The fourth-order valence-electron chi connectivity index (χ4n) is 4.16. The lowest BCUT2D eigenvalue weighted by Crippen LogP contribution is -2.47. The number of piperazine rings is 1. The molecule has 1 saturated heterocycles. The molecule has 3 rings (SSSR count). The Kier molecular flexibility index (Phi) is 10.4. The van der Waals surface area contributed by atoms with Crippen LogP contribution in [0.5, 0.6) is 0 Å². The highest BCUT2D eigenvalue weighted by Gasteiger charge is 2.18. The minimum absolute atomic E-state index is 0.105. The predicted octanol–water partition coefficient (Wildman–Crippen LogP) is 3.97. The Morgan fingerprint density at radius 3 is 2.71 bits per heavy atom. The molecule has 1 atom stereocenters. The zero-order chi connectivity index (χ0) is 24.3. The Balaban J connectivity index is 1.57. The van der Waals surface area contributed by atoms with E-state index < -0.39 is 0 Å². The van der Waals surface area contributed by atoms with Crippen molar-refractivity contribution < 1.29 is 4.79 Å². The zero-order valence-electron chi connectivity index (χ0n) is 20.4. The molecular formula is C27H38ClN5O. The standard InChI is InChI=1S/C27H38ClN5O/c1-21-7-6-9-24(17-21)23(3)30-13-16-33(20-22(2)19-32-14-11-29-12-15-32)27(34)31-18-25-8-4-5-10-26(25)28/h4-10,17,23,29-30H,2,11-16,18-20H2,1,3H3,(H,31,34). The zero-order valence-corrected chi connectivity index (χ0v) is 21.2. The number of urea groups is 1. The molecular weight excluding hydrogens is 446 g/mol. The number of nitrogens with one attached hydrogen (secondary N) is 3. The van der Waals surface area contributed by atoms with Crippen molar-refractivity contribution in [2.24, 2.45) is 0 Å². The van der Waals surface area contributed by atoms with Crippen LogP contribution in [0.4, 0.5) is 4.79 Å². The van der Waals surface area contributed by atoms with E-state index in [4.69, 9.17) is 11.6 Å². The Hall–Kier alpha value is -2.38. The second-order valence-electron chi connectivity index (χ2n) is 9.04. The Bertz CT molecular complexity index is 944. The van der Waals surface area contributed by atoms with Crippen molar-refractivity contribution in [1.82, 2.24) is 25.8 Å². The average Bonchev–Trinajstić information content (AvgIpc) is 2.83. The number of nitrogens with zero attached hydrogens (tertiary/aromatic N) is 2. The fourth-order valence-corrected chi connectivity index (χ4v) is 4.36. The molecule has 2 aromatic carbocycles. The quantitative estimate of drug-likeness (QED) is 0.423. The Morgan fingerprint density at radius 2 is 1.97 bits per heavy atom. The number of benzene rings is 2. The van der Waals surface area contributed by atoms with E-state index in [0.29, 0.717) is 31.2 Å². The van der Waals surface area contributed by atoms with Crippen molar-refractivity contribution >= 4 is 17.6 Å². The molecule has 1 aliphatic heterocycles. The van der Waals surface area contributed by atoms with E-state index in [-0.39, 0.29) is 12.1 Å². The van der Waals surface area contributed by atoms with Crippen molar-refractivity contribution in [3.63, 3.8) is 0 Å². The van der Waals surface area contributed by atoms with Gasteiger partial charge >= 0.3 is 6.03 Å². The van der Waals surface area contributed by atoms with E-state index >= 15 is 0 Å². The summed E-state index contributed by atoms with van der Waals surface area (Å²) in [4.78, 5) is 17.4. The first-order valence-corrected chi connectivity index (χ1v) is 12.5. The van der Waals surface area contributed by atoms with Gasteiger partial charge in [-0.2, -0.15) is 0 Å². The lowest BCUT2D eigenvalue weighted by atomic mass is 10.1. The summed E-state index contributed by atoms with van der Waals surface area (Å²) >= 11 is 6.27. The van der Waals surface area contributed by atoms with Crippen LogP contribution in [-0.2, 0) is 6.54 Å². The third-order valence-corrected chi connectivity index (χ3v) is 6.49. The van der Waals surface area contributed by atoms with Crippen LogP contribution in [0.2, 0.25) is 5.02 Å². The van der Waals surface area contributed by atoms with Crippen LogP contribution in [-0.4, -0.2) is 68.2 Å². The molecule has 1 aliphatic rings. The minimum Gasteiger partial charge on any atom is -0.334 e. The topological polar surface area (TPSA) is 59.6 Å². The normalized spacial score (nSPS) is 15.0. The largest absolute Gasteiger partial charge is 0.334 e. The number of amides is 2. The summed E-state index contributed by atoms with van der Waals surface area (Å²) in [6.07, 6.45) is 0. The maximum absolute atomic E-state index is 13.1. The molecule has 3 N–H and O–H groups in total. The second-order valence-corrected chi connectivity index (χ2v) is 9.44. The van der Waals surface area contributed by atoms with E-state index in [1.807, 2.05) is 29.2 Å². The van der Waals surface area contributed by atoms with Gasteiger partial charge in [-0.3, -0.25) is 4.90 Å². The van der Waals surface area contributed by atoms with Crippen LogP contribution in [0.3, 0.4) is 0 Å². The van der Waals surface area contributed by atoms with Gasteiger partial charge in [-0.25, -0.2) is 4.79 Å². The summed E-state index contributed by atoms with van der Waals surface area (Å²) in [5.74, 6) is 0. The van der Waals surface area contributed by atoms with Crippen LogP contribution >= 0.6 is 11.6 Å². The monoisotopic (exact) mass is 483 g/mol. The highest BCUT2D eigenvalue weighted by molar-refractivity contribution is 6.31. The molecule has 0 aromatic heterocycles. The van der Waals surface area contributed by atoms with Gasteiger partial charge in [0.25, 0.3) is 0 Å². The van der Waals surface area contributed by atoms with Crippen molar-refractivity contribution in [3.8, 4) is 0 Å². The summed E-state index contributed by atoms with van der Waals surface area (Å²) in [5.41, 5.74) is 4.44. The van der Waals surface area contributed by atoms with Gasteiger partial charge in [0.15, 0.2) is 0 Å². The Labute approximate surface area is 209 Å². The number of hydrogen-bond donors (Lipinski definition) is 3. The molecule has 34 heavy (non-hydrogen) atoms. The number of carbonyl (C=O) groups excluding carboxylic acids is 1. The first-order chi connectivity index (χ1) is 16.4.